The van der Waals surface area contributed by atoms with Crippen molar-refractivity contribution in [3.8, 4) is 0 Å². The van der Waals surface area contributed by atoms with Crippen LogP contribution in [-0.4, -0.2) is 12.5 Å². The van der Waals surface area contributed by atoms with Crippen LogP contribution in [0.1, 0.15) is 29.6 Å². The molecule has 0 aromatic heterocycles. The Kier molecular flexibility index (Phi) is 3.49. The maximum atomic E-state index is 11.8. The lowest BCUT2D eigenvalue weighted by Gasteiger charge is -2.06. The second-order valence-corrected chi connectivity index (χ2v) is 5.18. The average molecular weight is 283 g/mol. The van der Waals surface area contributed by atoms with Gasteiger partial charge in [-0.3, -0.25) is 4.79 Å². The monoisotopic (exact) mass is 282 g/mol. The molecule has 0 bridgehead atoms. The SMILES string of the molecule is Nc1cc(Br)cc(C(=O)NCCC2CC2)c1. The number of anilines is 1. The minimum atomic E-state index is -0.0475. The molecule has 0 saturated heterocycles. The molecule has 0 spiro atoms. The van der Waals surface area contributed by atoms with Crippen molar-refractivity contribution in [3.05, 3.63) is 28.2 Å². The Hall–Kier alpha value is -1.03. The van der Waals surface area contributed by atoms with Crippen LogP contribution in [0, 0.1) is 5.92 Å². The van der Waals surface area contributed by atoms with Crippen LogP contribution in [0.2, 0.25) is 0 Å². The first-order valence-corrected chi connectivity index (χ1v) is 6.29. The molecule has 4 heteroatoms. The molecule has 0 unspecified atom stereocenters. The number of rotatable bonds is 4. The van der Waals surface area contributed by atoms with E-state index in [9.17, 15) is 4.79 Å². The van der Waals surface area contributed by atoms with Crippen LogP contribution in [0.3, 0.4) is 0 Å². The van der Waals surface area contributed by atoms with Crippen molar-refractivity contribution >= 4 is 27.5 Å². The van der Waals surface area contributed by atoms with E-state index in [2.05, 4.69) is 21.2 Å². The molecular weight excluding hydrogens is 268 g/mol. The highest BCUT2D eigenvalue weighted by Crippen LogP contribution is 2.31. The first-order valence-electron chi connectivity index (χ1n) is 5.49. The fourth-order valence-electron chi connectivity index (χ4n) is 1.64. The zero-order valence-electron chi connectivity index (χ0n) is 9.00. The number of nitrogen functional groups attached to an aromatic ring is 1. The van der Waals surface area contributed by atoms with Gasteiger partial charge in [0, 0.05) is 22.3 Å². The summed E-state index contributed by atoms with van der Waals surface area (Å²) in [6.07, 6.45) is 3.73. The summed E-state index contributed by atoms with van der Waals surface area (Å²) in [6, 6.07) is 5.25. The van der Waals surface area contributed by atoms with Crippen molar-refractivity contribution in [2.24, 2.45) is 5.92 Å². The van der Waals surface area contributed by atoms with Crippen LogP contribution in [0.5, 0.6) is 0 Å². The molecule has 1 aromatic rings. The van der Waals surface area contributed by atoms with E-state index in [4.69, 9.17) is 5.73 Å². The second kappa shape index (κ2) is 4.87. The Balaban J connectivity index is 1.91. The van der Waals surface area contributed by atoms with E-state index in [-0.39, 0.29) is 5.91 Å². The molecular formula is C12H15BrN2O. The Morgan fingerprint density at radius 1 is 1.44 bits per heavy atom. The Labute approximate surface area is 104 Å². The smallest absolute Gasteiger partial charge is 0.251 e. The van der Waals surface area contributed by atoms with E-state index in [1.165, 1.54) is 12.8 Å². The molecule has 3 nitrogen and oxygen atoms in total. The highest BCUT2D eigenvalue weighted by Gasteiger charge is 2.20. The summed E-state index contributed by atoms with van der Waals surface area (Å²) in [5, 5.41) is 2.91. The normalized spacial score (nSPS) is 14.8. The maximum Gasteiger partial charge on any atom is 0.251 e. The molecule has 0 radical (unpaired) electrons. The number of benzene rings is 1. The van der Waals surface area contributed by atoms with Crippen LogP contribution >= 0.6 is 15.9 Å². The van der Waals surface area contributed by atoms with E-state index in [1.54, 1.807) is 18.2 Å². The molecule has 1 aromatic carbocycles. The van der Waals surface area contributed by atoms with Crippen LogP contribution in [0.25, 0.3) is 0 Å². The first-order chi connectivity index (χ1) is 7.65. The van der Waals surface area contributed by atoms with Gasteiger partial charge in [-0.1, -0.05) is 28.8 Å². The molecule has 0 heterocycles. The second-order valence-electron chi connectivity index (χ2n) is 4.26. The van der Waals surface area contributed by atoms with Gasteiger partial charge in [0.2, 0.25) is 0 Å². The fourth-order valence-corrected chi connectivity index (χ4v) is 2.15. The molecule has 1 aliphatic carbocycles. The third-order valence-corrected chi connectivity index (χ3v) is 3.18. The molecule has 1 fully saturated rings. The van der Waals surface area contributed by atoms with Crippen molar-refractivity contribution in [1.29, 1.82) is 0 Å². The molecule has 0 atom stereocenters. The van der Waals surface area contributed by atoms with Gasteiger partial charge in [-0.15, -0.1) is 0 Å². The molecule has 0 aliphatic heterocycles. The van der Waals surface area contributed by atoms with E-state index < -0.39 is 0 Å². The van der Waals surface area contributed by atoms with Gasteiger partial charge in [0.25, 0.3) is 5.91 Å². The molecule has 86 valence electrons. The number of amides is 1. The number of carbonyl (C=O) groups excluding carboxylic acids is 1. The quantitative estimate of drug-likeness (QED) is 0.834. The van der Waals surface area contributed by atoms with Gasteiger partial charge >= 0.3 is 0 Å². The van der Waals surface area contributed by atoms with E-state index in [0.29, 0.717) is 11.3 Å². The lowest BCUT2D eigenvalue weighted by atomic mass is 10.2. The summed E-state index contributed by atoms with van der Waals surface area (Å²) in [5.41, 5.74) is 6.89. The molecule has 3 N–H and O–H groups in total. The Bertz CT molecular complexity index is 382. The number of hydrogen-bond donors (Lipinski definition) is 2. The zero-order chi connectivity index (χ0) is 11.5. The minimum Gasteiger partial charge on any atom is -0.399 e. The molecule has 1 aliphatic rings. The summed E-state index contributed by atoms with van der Waals surface area (Å²) in [5.74, 6) is 0.793. The number of nitrogens with one attached hydrogen (secondary N) is 1. The lowest BCUT2D eigenvalue weighted by molar-refractivity contribution is 0.0952. The van der Waals surface area contributed by atoms with Crippen molar-refractivity contribution in [3.63, 3.8) is 0 Å². The molecule has 1 amide bonds. The summed E-state index contributed by atoms with van der Waals surface area (Å²) in [4.78, 5) is 11.8. The predicted molar refractivity (Wildman–Crippen MR) is 68.2 cm³/mol. The molecule has 1 saturated carbocycles. The van der Waals surface area contributed by atoms with Crippen molar-refractivity contribution in [1.82, 2.24) is 5.32 Å². The van der Waals surface area contributed by atoms with Crippen molar-refractivity contribution in [2.75, 3.05) is 12.3 Å². The van der Waals surface area contributed by atoms with Gasteiger partial charge < -0.3 is 11.1 Å². The summed E-state index contributed by atoms with van der Waals surface area (Å²) in [7, 11) is 0. The predicted octanol–water partition coefficient (Wildman–Crippen LogP) is 2.56. The summed E-state index contributed by atoms with van der Waals surface area (Å²) >= 11 is 3.32. The first kappa shape index (κ1) is 11.5. The minimum absolute atomic E-state index is 0.0475. The van der Waals surface area contributed by atoms with Crippen LogP contribution in [0.15, 0.2) is 22.7 Å². The van der Waals surface area contributed by atoms with Gasteiger partial charge in [-0.2, -0.15) is 0 Å². The Morgan fingerprint density at radius 3 is 2.81 bits per heavy atom. The van der Waals surface area contributed by atoms with Gasteiger partial charge in [0.1, 0.15) is 0 Å². The van der Waals surface area contributed by atoms with Gasteiger partial charge in [-0.25, -0.2) is 0 Å². The number of halogens is 1. The van der Waals surface area contributed by atoms with E-state index in [0.717, 1.165) is 23.4 Å². The van der Waals surface area contributed by atoms with E-state index in [1.807, 2.05) is 0 Å². The summed E-state index contributed by atoms with van der Waals surface area (Å²) < 4.78 is 0.833. The number of hydrogen-bond acceptors (Lipinski definition) is 2. The molecule has 2 rings (SSSR count). The topological polar surface area (TPSA) is 55.1 Å². The van der Waals surface area contributed by atoms with Crippen LogP contribution < -0.4 is 11.1 Å². The third kappa shape index (κ3) is 3.23. The summed E-state index contributed by atoms with van der Waals surface area (Å²) in [6.45, 7) is 0.760. The highest BCUT2D eigenvalue weighted by molar-refractivity contribution is 9.10. The fraction of sp³-hybridized carbons (Fsp3) is 0.417. The average Bonchev–Trinajstić information content (AvgIpc) is 3.00. The van der Waals surface area contributed by atoms with Crippen molar-refractivity contribution in [2.45, 2.75) is 19.3 Å². The lowest BCUT2D eigenvalue weighted by Crippen LogP contribution is -2.24. The van der Waals surface area contributed by atoms with Gasteiger partial charge in [0.15, 0.2) is 0 Å². The van der Waals surface area contributed by atoms with Gasteiger partial charge in [0.05, 0.1) is 0 Å². The third-order valence-electron chi connectivity index (χ3n) is 2.72. The number of carbonyl (C=O) groups is 1. The number of nitrogens with two attached hydrogens (primary N) is 1. The largest absolute Gasteiger partial charge is 0.399 e. The van der Waals surface area contributed by atoms with Crippen LogP contribution in [0.4, 0.5) is 5.69 Å². The van der Waals surface area contributed by atoms with Crippen LogP contribution in [-0.2, 0) is 0 Å². The van der Waals surface area contributed by atoms with Crippen molar-refractivity contribution < 1.29 is 4.79 Å². The highest BCUT2D eigenvalue weighted by atomic mass is 79.9. The molecule has 16 heavy (non-hydrogen) atoms. The van der Waals surface area contributed by atoms with Gasteiger partial charge in [-0.05, 0) is 30.5 Å². The zero-order valence-corrected chi connectivity index (χ0v) is 10.6. The Morgan fingerprint density at radius 2 is 2.19 bits per heavy atom. The van der Waals surface area contributed by atoms with E-state index >= 15 is 0 Å². The maximum absolute atomic E-state index is 11.8. The standard InChI is InChI=1S/C12H15BrN2O/c13-10-5-9(6-11(14)7-10)12(16)15-4-3-8-1-2-8/h5-8H,1-4,14H2,(H,15,16).